The van der Waals surface area contributed by atoms with Crippen LogP contribution in [-0.4, -0.2) is 40.8 Å². The number of ether oxygens (including phenoxy) is 3. The van der Waals surface area contributed by atoms with Crippen LogP contribution in [0.5, 0.6) is 17.2 Å². The van der Waals surface area contributed by atoms with Crippen molar-refractivity contribution < 1.29 is 33.7 Å². The van der Waals surface area contributed by atoms with Gasteiger partial charge in [-0.15, -0.1) is 0 Å². The summed E-state index contributed by atoms with van der Waals surface area (Å²) in [6.07, 6.45) is 0. The lowest BCUT2D eigenvalue weighted by atomic mass is 9.95. The van der Waals surface area contributed by atoms with Gasteiger partial charge >= 0.3 is 5.91 Å². The first-order valence-electron chi connectivity index (χ1n) is 13.3. The van der Waals surface area contributed by atoms with Crippen molar-refractivity contribution in [2.24, 2.45) is 0 Å². The Bertz CT molecular complexity index is 1740. The molecule has 0 bridgehead atoms. The van der Waals surface area contributed by atoms with Crippen LogP contribution in [0.2, 0.25) is 0 Å². The molecule has 10 heteroatoms. The Balaban J connectivity index is 1.46. The number of aliphatic hydroxyl groups excluding tert-OH is 1. The largest absolute Gasteiger partial charge is 0.507 e. The van der Waals surface area contributed by atoms with E-state index in [4.69, 9.17) is 14.2 Å². The van der Waals surface area contributed by atoms with Gasteiger partial charge in [-0.05, 0) is 48.4 Å². The van der Waals surface area contributed by atoms with Gasteiger partial charge in [0, 0.05) is 12.5 Å². The van der Waals surface area contributed by atoms with Crippen LogP contribution in [0.25, 0.3) is 5.76 Å². The topological polar surface area (TPSA) is 115 Å². The number of anilines is 1. The van der Waals surface area contributed by atoms with Gasteiger partial charge < -0.3 is 19.3 Å². The fraction of sp³-hybridized carbons (Fsp3) is 0.188. The molecule has 2 aliphatic heterocycles. The number of amides is 1. The summed E-state index contributed by atoms with van der Waals surface area (Å²) in [5.74, 6) is -0.840. The average molecular weight is 583 g/mol. The number of carbonyl (C=O) groups excluding carboxylic acids is 3. The Morgan fingerprint density at radius 2 is 1.79 bits per heavy atom. The first-order valence-corrected chi connectivity index (χ1v) is 14.1. The highest BCUT2D eigenvalue weighted by Gasteiger charge is 2.48. The number of ketones is 2. The van der Waals surface area contributed by atoms with Crippen LogP contribution in [0.3, 0.4) is 0 Å². The van der Waals surface area contributed by atoms with Gasteiger partial charge in [0.15, 0.2) is 22.4 Å². The summed E-state index contributed by atoms with van der Waals surface area (Å²) in [6, 6.07) is 20.5. The molecule has 2 aliphatic rings. The second-order valence-corrected chi connectivity index (χ2v) is 10.8. The first kappa shape index (κ1) is 27.2. The Morgan fingerprint density at radius 3 is 2.52 bits per heavy atom. The number of hydrogen-bond donors (Lipinski definition) is 1. The predicted molar refractivity (Wildman–Crippen MR) is 156 cm³/mol. The minimum atomic E-state index is -1.04. The third-order valence-corrected chi connectivity index (χ3v) is 8.25. The standard InChI is InChI=1S/C32H26N2O7S/c1-18-30(19(2)35)42-32(33-18)34-27(21-9-6-10-23(15-21)41-17-20-7-4-3-5-8-20)26(29(37)31(34)38)28(36)22-11-12-24-25(16-22)40-14-13-39-24/h3-12,15-16,27,36H,13-14,17H2,1-2H3/b28-26+. The van der Waals surface area contributed by atoms with Crippen LogP contribution in [0.15, 0.2) is 78.4 Å². The van der Waals surface area contributed by atoms with Crippen molar-refractivity contribution in [1.82, 2.24) is 4.98 Å². The number of rotatable bonds is 7. The summed E-state index contributed by atoms with van der Waals surface area (Å²) in [5.41, 5.74) is 2.13. The number of thiazole rings is 1. The molecule has 1 fully saturated rings. The monoisotopic (exact) mass is 582 g/mol. The predicted octanol–water partition coefficient (Wildman–Crippen LogP) is 5.63. The number of nitrogens with zero attached hydrogens (tertiary/aromatic N) is 2. The summed E-state index contributed by atoms with van der Waals surface area (Å²) in [6.45, 7) is 4.16. The zero-order chi connectivity index (χ0) is 29.4. The lowest BCUT2D eigenvalue weighted by molar-refractivity contribution is -0.132. The summed E-state index contributed by atoms with van der Waals surface area (Å²) in [7, 11) is 0. The molecule has 1 unspecified atom stereocenters. The number of hydrogen-bond acceptors (Lipinski definition) is 9. The van der Waals surface area contributed by atoms with E-state index in [2.05, 4.69) is 4.98 Å². The van der Waals surface area contributed by atoms with Gasteiger partial charge in [-0.3, -0.25) is 19.3 Å². The second-order valence-electron chi connectivity index (χ2n) is 9.84. The van der Waals surface area contributed by atoms with E-state index in [0.717, 1.165) is 16.9 Å². The van der Waals surface area contributed by atoms with Crippen molar-refractivity contribution in [3.05, 3.63) is 106 Å². The van der Waals surface area contributed by atoms with Crippen molar-refractivity contribution in [1.29, 1.82) is 0 Å². The van der Waals surface area contributed by atoms with E-state index in [0.29, 0.717) is 58.8 Å². The molecule has 212 valence electrons. The Hall–Kier alpha value is -4.96. The number of aryl methyl sites for hydroxylation is 1. The summed E-state index contributed by atoms with van der Waals surface area (Å²) in [4.78, 5) is 45.5. The van der Waals surface area contributed by atoms with Crippen LogP contribution in [0, 0.1) is 6.92 Å². The Morgan fingerprint density at radius 1 is 1.02 bits per heavy atom. The molecule has 1 amide bonds. The van der Waals surface area contributed by atoms with Crippen molar-refractivity contribution in [3.63, 3.8) is 0 Å². The fourth-order valence-electron chi connectivity index (χ4n) is 5.02. The van der Waals surface area contributed by atoms with Crippen LogP contribution >= 0.6 is 11.3 Å². The van der Waals surface area contributed by atoms with E-state index in [1.807, 2.05) is 30.3 Å². The highest BCUT2D eigenvalue weighted by atomic mass is 32.1. The molecule has 0 aliphatic carbocycles. The smallest absolute Gasteiger partial charge is 0.301 e. The van der Waals surface area contributed by atoms with E-state index in [1.165, 1.54) is 11.8 Å². The van der Waals surface area contributed by atoms with E-state index in [1.54, 1.807) is 49.4 Å². The molecule has 1 N–H and O–H groups in total. The molecular weight excluding hydrogens is 556 g/mol. The number of benzene rings is 3. The maximum atomic E-state index is 13.6. The lowest BCUT2D eigenvalue weighted by Gasteiger charge is -2.24. The Labute approximate surface area is 245 Å². The number of aromatic nitrogens is 1. The molecule has 1 saturated heterocycles. The van der Waals surface area contributed by atoms with E-state index in [-0.39, 0.29) is 22.2 Å². The minimum absolute atomic E-state index is 0.117. The molecule has 4 aromatic rings. The third-order valence-electron chi connectivity index (χ3n) is 6.99. The number of fused-ring (bicyclic) bond motifs is 1. The van der Waals surface area contributed by atoms with Crippen LogP contribution < -0.4 is 19.1 Å². The molecule has 6 rings (SSSR count). The van der Waals surface area contributed by atoms with Gasteiger partial charge in [-0.2, -0.15) is 0 Å². The van der Waals surface area contributed by atoms with Gasteiger partial charge in [0.2, 0.25) is 0 Å². The first-order chi connectivity index (χ1) is 20.3. The van der Waals surface area contributed by atoms with Gasteiger partial charge in [0.05, 0.1) is 22.2 Å². The third kappa shape index (κ3) is 5.01. The molecule has 0 spiro atoms. The summed E-state index contributed by atoms with van der Waals surface area (Å²) < 4.78 is 17.3. The number of aliphatic hydroxyl groups is 1. The Kier molecular flexibility index (Phi) is 7.22. The quantitative estimate of drug-likeness (QED) is 0.129. The molecule has 42 heavy (non-hydrogen) atoms. The lowest BCUT2D eigenvalue weighted by Crippen LogP contribution is -2.29. The van der Waals surface area contributed by atoms with Crippen molar-refractivity contribution >= 4 is 39.7 Å². The maximum absolute atomic E-state index is 13.6. The average Bonchev–Trinajstić information content (AvgIpc) is 3.52. The molecule has 0 radical (unpaired) electrons. The van der Waals surface area contributed by atoms with Crippen LogP contribution in [-0.2, 0) is 16.2 Å². The molecule has 3 aromatic carbocycles. The van der Waals surface area contributed by atoms with Gasteiger partial charge in [-0.25, -0.2) is 4.98 Å². The normalized spacial score (nSPS) is 17.4. The molecule has 3 heterocycles. The molecule has 9 nitrogen and oxygen atoms in total. The number of Topliss-reactive ketones (excluding diaryl/α,β-unsaturated/α-hetero) is 2. The van der Waals surface area contributed by atoms with Gasteiger partial charge in [-0.1, -0.05) is 53.8 Å². The highest BCUT2D eigenvalue weighted by molar-refractivity contribution is 7.18. The highest BCUT2D eigenvalue weighted by Crippen LogP contribution is 2.45. The van der Waals surface area contributed by atoms with E-state index >= 15 is 0 Å². The van der Waals surface area contributed by atoms with Crippen LogP contribution in [0.1, 0.15) is 45.0 Å². The minimum Gasteiger partial charge on any atom is -0.507 e. The zero-order valence-corrected chi connectivity index (χ0v) is 23.6. The SMILES string of the molecule is CC(=O)c1sc(N2C(=O)C(=O)/C(=C(/O)c3ccc4c(c3)OCCO4)C2c2cccc(OCc3ccccc3)c2)nc1C. The van der Waals surface area contributed by atoms with Crippen LogP contribution in [0.4, 0.5) is 5.13 Å². The molecule has 0 saturated carbocycles. The van der Waals surface area contributed by atoms with Gasteiger partial charge in [0.25, 0.3) is 5.78 Å². The molecule has 1 atom stereocenters. The van der Waals surface area contributed by atoms with E-state index in [9.17, 15) is 19.5 Å². The van der Waals surface area contributed by atoms with Crippen molar-refractivity contribution in [2.75, 3.05) is 18.1 Å². The second kappa shape index (κ2) is 11.1. The van der Waals surface area contributed by atoms with E-state index < -0.39 is 17.7 Å². The maximum Gasteiger partial charge on any atom is 0.301 e. The molecular formula is C32H26N2O7S. The summed E-state index contributed by atoms with van der Waals surface area (Å²) >= 11 is 1.03. The zero-order valence-electron chi connectivity index (χ0n) is 22.8. The fourth-order valence-corrected chi connectivity index (χ4v) is 6.01. The number of carbonyl (C=O) groups is 3. The summed E-state index contributed by atoms with van der Waals surface area (Å²) in [5, 5.41) is 11.7. The van der Waals surface area contributed by atoms with Gasteiger partial charge in [0.1, 0.15) is 31.3 Å². The van der Waals surface area contributed by atoms with Crippen molar-refractivity contribution in [3.8, 4) is 17.2 Å². The van der Waals surface area contributed by atoms with Crippen molar-refractivity contribution in [2.45, 2.75) is 26.5 Å². The molecule has 1 aromatic heterocycles.